The lowest BCUT2D eigenvalue weighted by atomic mass is 10.1. The predicted molar refractivity (Wildman–Crippen MR) is 63.1 cm³/mol. The van der Waals surface area contributed by atoms with E-state index in [1.807, 2.05) is 0 Å². The Labute approximate surface area is 93.4 Å². The Morgan fingerprint density at radius 2 is 1.86 bits per heavy atom. The van der Waals surface area contributed by atoms with E-state index in [1.165, 1.54) is 12.8 Å². The maximum Gasteiger partial charge on any atom is 0.0601 e. The molecule has 0 saturated heterocycles. The monoisotopic (exact) mass is 221 g/mol. The van der Waals surface area contributed by atoms with Gasteiger partial charge in [0.1, 0.15) is 0 Å². The molecule has 86 valence electrons. The highest BCUT2D eigenvalue weighted by Crippen LogP contribution is 2.01. The van der Waals surface area contributed by atoms with Crippen LogP contribution in [0.1, 0.15) is 33.1 Å². The first-order valence-corrected chi connectivity index (χ1v) is 6.15. The van der Waals surface area contributed by atoms with Crippen molar-refractivity contribution in [3.8, 4) is 0 Å². The molecule has 2 nitrogen and oxygen atoms in total. The van der Waals surface area contributed by atoms with Crippen molar-refractivity contribution in [1.82, 2.24) is 5.32 Å². The van der Waals surface area contributed by atoms with Crippen LogP contribution in [-0.4, -0.2) is 32.2 Å². The number of hydrogen-bond donors (Lipinski definition) is 1. The molecule has 1 N–H and O–H groups in total. The number of halogens is 1. The summed E-state index contributed by atoms with van der Waals surface area (Å²) in [4.78, 5) is 0. The molecule has 0 radical (unpaired) electrons. The number of nitrogens with one attached hydrogen (secondary N) is 1. The van der Waals surface area contributed by atoms with Gasteiger partial charge < -0.3 is 10.1 Å². The van der Waals surface area contributed by atoms with Crippen LogP contribution in [0.15, 0.2) is 0 Å². The number of hydrogen-bond acceptors (Lipinski definition) is 2. The zero-order chi connectivity index (χ0) is 10.6. The summed E-state index contributed by atoms with van der Waals surface area (Å²) in [6, 6.07) is 0. The van der Waals surface area contributed by atoms with Gasteiger partial charge in [0.25, 0.3) is 0 Å². The van der Waals surface area contributed by atoms with Gasteiger partial charge in [0, 0.05) is 12.5 Å². The molecule has 0 rings (SSSR count). The van der Waals surface area contributed by atoms with E-state index in [1.54, 1.807) is 0 Å². The Kier molecular flexibility index (Phi) is 11.5. The molecular weight excluding hydrogens is 198 g/mol. The molecule has 0 aliphatic heterocycles. The molecule has 0 saturated carbocycles. The number of rotatable bonds is 10. The first-order chi connectivity index (χ1) is 6.77. The minimum Gasteiger partial charge on any atom is -0.380 e. The van der Waals surface area contributed by atoms with Gasteiger partial charge in [0.15, 0.2) is 0 Å². The molecule has 0 bridgehead atoms. The van der Waals surface area contributed by atoms with Crippen LogP contribution in [-0.2, 0) is 4.74 Å². The highest BCUT2D eigenvalue weighted by atomic mass is 35.5. The van der Waals surface area contributed by atoms with Gasteiger partial charge in [-0.3, -0.25) is 0 Å². The lowest BCUT2D eigenvalue weighted by Gasteiger charge is -2.06. The van der Waals surface area contributed by atoms with Crippen molar-refractivity contribution in [2.45, 2.75) is 33.1 Å². The summed E-state index contributed by atoms with van der Waals surface area (Å²) in [6.45, 7) is 8.22. The highest BCUT2D eigenvalue weighted by molar-refractivity contribution is 6.17. The maximum atomic E-state index is 5.47. The second-order valence-electron chi connectivity index (χ2n) is 3.94. The van der Waals surface area contributed by atoms with Gasteiger partial charge in [-0.1, -0.05) is 13.8 Å². The molecule has 0 aromatic carbocycles. The minimum absolute atomic E-state index is 0.599. The van der Waals surface area contributed by atoms with Crippen LogP contribution in [0, 0.1) is 5.92 Å². The van der Waals surface area contributed by atoms with Crippen LogP contribution >= 0.6 is 11.6 Å². The third kappa shape index (κ3) is 12.2. The van der Waals surface area contributed by atoms with Gasteiger partial charge >= 0.3 is 0 Å². The van der Waals surface area contributed by atoms with Crippen LogP contribution in [0.5, 0.6) is 0 Å². The zero-order valence-corrected chi connectivity index (χ0v) is 10.3. The van der Waals surface area contributed by atoms with Gasteiger partial charge in [-0.2, -0.15) is 0 Å². The van der Waals surface area contributed by atoms with Gasteiger partial charge in [0.2, 0.25) is 0 Å². The van der Waals surface area contributed by atoms with Crippen molar-refractivity contribution in [3.63, 3.8) is 0 Å². The van der Waals surface area contributed by atoms with E-state index < -0.39 is 0 Å². The molecule has 0 aliphatic carbocycles. The van der Waals surface area contributed by atoms with Crippen molar-refractivity contribution in [1.29, 1.82) is 0 Å². The third-order valence-corrected chi connectivity index (χ3v) is 2.15. The fourth-order valence-electron chi connectivity index (χ4n) is 1.22. The summed E-state index contributed by atoms with van der Waals surface area (Å²) in [7, 11) is 0. The van der Waals surface area contributed by atoms with Gasteiger partial charge in [-0.15, -0.1) is 11.6 Å². The molecule has 0 aliphatic rings. The smallest absolute Gasteiger partial charge is 0.0601 e. The highest BCUT2D eigenvalue weighted by Gasteiger charge is 1.93. The van der Waals surface area contributed by atoms with Crippen LogP contribution < -0.4 is 5.32 Å². The standard InChI is InChI=1S/C11H24ClNO/c1-11(2)5-3-7-13-8-4-9-14-10-6-12/h11,13H,3-10H2,1-2H3. The Bertz CT molecular complexity index is 109. The first kappa shape index (κ1) is 14.2. The number of ether oxygens (including phenoxy) is 1. The van der Waals surface area contributed by atoms with E-state index in [-0.39, 0.29) is 0 Å². The molecule has 14 heavy (non-hydrogen) atoms. The predicted octanol–water partition coefficient (Wildman–Crippen LogP) is 2.66. The third-order valence-electron chi connectivity index (χ3n) is 2.00. The van der Waals surface area contributed by atoms with Crippen molar-refractivity contribution < 1.29 is 4.74 Å². The van der Waals surface area contributed by atoms with Crippen LogP contribution in [0.25, 0.3) is 0 Å². The second kappa shape index (κ2) is 11.3. The quantitative estimate of drug-likeness (QED) is 0.453. The summed E-state index contributed by atoms with van der Waals surface area (Å²) >= 11 is 5.47. The fourth-order valence-corrected chi connectivity index (χ4v) is 1.33. The molecule has 0 fully saturated rings. The Hall–Kier alpha value is 0.210. The molecule has 0 atom stereocenters. The number of alkyl halides is 1. The molecule has 0 unspecified atom stereocenters. The molecule has 0 heterocycles. The Morgan fingerprint density at radius 1 is 1.14 bits per heavy atom. The lowest BCUT2D eigenvalue weighted by Crippen LogP contribution is -2.18. The maximum absolute atomic E-state index is 5.47. The summed E-state index contributed by atoms with van der Waals surface area (Å²) in [5, 5.41) is 3.40. The van der Waals surface area contributed by atoms with Crippen molar-refractivity contribution in [3.05, 3.63) is 0 Å². The summed E-state index contributed by atoms with van der Waals surface area (Å²) < 4.78 is 5.26. The SMILES string of the molecule is CC(C)CCCNCCCOCCCl. The molecule has 0 aromatic heterocycles. The van der Waals surface area contributed by atoms with Crippen molar-refractivity contribution in [2.24, 2.45) is 5.92 Å². The first-order valence-electron chi connectivity index (χ1n) is 5.61. The molecule has 0 spiro atoms. The van der Waals surface area contributed by atoms with Crippen LogP contribution in [0.3, 0.4) is 0 Å². The molecule has 0 amide bonds. The topological polar surface area (TPSA) is 21.3 Å². The zero-order valence-electron chi connectivity index (χ0n) is 9.52. The van der Waals surface area contributed by atoms with Crippen molar-refractivity contribution in [2.75, 3.05) is 32.2 Å². The van der Waals surface area contributed by atoms with E-state index in [0.717, 1.165) is 32.0 Å². The second-order valence-corrected chi connectivity index (χ2v) is 4.32. The molecule has 0 aromatic rings. The van der Waals surface area contributed by atoms with Gasteiger partial charge in [-0.25, -0.2) is 0 Å². The summed E-state index contributed by atoms with van der Waals surface area (Å²) in [6.07, 6.45) is 3.68. The average Bonchev–Trinajstić information content (AvgIpc) is 2.15. The Morgan fingerprint density at radius 3 is 2.50 bits per heavy atom. The van der Waals surface area contributed by atoms with E-state index in [2.05, 4.69) is 19.2 Å². The van der Waals surface area contributed by atoms with Crippen LogP contribution in [0.2, 0.25) is 0 Å². The van der Waals surface area contributed by atoms with Crippen molar-refractivity contribution >= 4 is 11.6 Å². The van der Waals surface area contributed by atoms with Gasteiger partial charge in [0.05, 0.1) is 6.61 Å². The van der Waals surface area contributed by atoms with E-state index in [0.29, 0.717) is 12.5 Å². The normalized spacial score (nSPS) is 11.1. The Balaban J connectivity index is 2.85. The van der Waals surface area contributed by atoms with E-state index >= 15 is 0 Å². The van der Waals surface area contributed by atoms with Crippen LogP contribution in [0.4, 0.5) is 0 Å². The largest absolute Gasteiger partial charge is 0.380 e. The van der Waals surface area contributed by atoms with Gasteiger partial charge in [-0.05, 0) is 38.3 Å². The minimum atomic E-state index is 0.599. The van der Waals surface area contributed by atoms with E-state index in [4.69, 9.17) is 16.3 Å². The molecule has 3 heteroatoms. The summed E-state index contributed by atoms with van der Waals surface area (Å²) in [5.74, 6) is 1.42. The fraction of sp³-hybridized carbons (Fsp3) is 1.00. The average molecular weight is 222 g/mol. The molecular formula is C11H24ClNO. The summed E-state index contributed by atoms with van der Waals surface area (Å²) in [5.41, 5.74) is 0. The van der Waals surface area contributed by atoms with E-state index in [9.17, 15) is 0 Å². The lowest BCUT2D eigenvalue weighted by molar-refractivity contribution is 0.146.